The summed E-state index contributed by atoms with van der Waals surface area (Å²) in [5.74, 6) is -0.0146. The summed E-state index contributed by atoms with van der Waals surface area (Å²) in [4.78, 5) is 34.6. The zero-order chi connectivity index (χ0) is 17.9. The van der Waals surface area contributed by atoms with Gasteiger partial charge in [0, 0.05) is 37.6 Å². The summed E-state index contributed by atoms with van der Waals surface area (Å²) >= 11 is 1.76. The molecule has 0 spiro atoms. The van der Waals surface area contributed by atoms with E-state index >= 15 is 0 Å². The van der Waals surface area contributed by atoms with Crippen molar-refractivity contribution < 1.29 is 4.79 Å². The molecule has 1 aromatic carbocycles. The van der Waals surface area contributed by atoms with Crippen LogP contribution in [0.1, 0.15) is 4.88 Å². The highest BCUT2D eigenvalue weighted by Crippen LogP contribution is 2.14. The lowest BCUT2D eigenvalue weighted by molar-refractivity contribution is -0.133. The number of amides is 1. The van der Waals surface area contributed by atoms with Crippen LogP contribution >= 0.6 is 11.3 Å². The van der Waals surface area contributed by atoms with Crippen LogP contribution in [-0.4, -0.2) is 51.4 Å². The summed E-state index contributed by atoms with van der Waals surface area (Å²) in [6.07, 6.45) is 1.29. The molecule has 0 saturated carbocycles. The van der Waals surface area contributed by atoms with Crippen molar-refractivity contribution in [3.8, 4) is 0 Å². The number of hydrogen-bond donors (Lipinski definition) is 0. The number of rotatable bonds is 4. The van der Waals surface area contributed by atoms with Crippen molar-refractivity contribution in [2.45, 2.75) is 13.1 Å². The molecule has 0 atom stereocenters. The van der Waals surface area contributed by atoms with Gasteiger partial charge in [0.25, 0.3) is 5.56 Å². The Balaban J connectivity index is 1.42. The van der Waals surface area contributed by atoms with Gasteiger partial charge in [-0.3, -0.25) is 19.1 Å². The van der Waals surface area contributed by atoms with Crippen LogP contribution in [-0.2, 0) is 17.9 Å². The van der Waals surface area contributed by atoms with Crippen LogP contribution in [0.4, 0.5) is 0 Å². The minimum atomic E-state index is -0.242. The Kier molecular flexibility index (Phi) is 4.81. The molecule has 0 unspecified atom stereocenters. The highest BCUT2D eigenvalue weighted by atomic mass is 32.1. The van der Waals surface area contributed by atoms with Crippen LogP contribution in [0.2, 0.25) is 0 Å². The maximum absolute atomic E-state index is 12.7. The third-order valence-corrected chi connectivity index (χ3v) is 5.59. The number of thiophene rings is 1. The Hall–Kier alpha value is -2.51. The van der Waals surface area contributed by atoms with Crippen molar-refractivity contribution in [1.82, 2.24) is 19.4 Å². The van der Waals surface area contributed by atoms with Crippen LogP contribution in [0.5, 0.6) is 0 Å². The number of nitrogens with zero attached hydrogens (tertiary/aromatic N) is 4. The quantitative estimate of drug-likeness (QED) is 0.705. The molecule has 26 heavy (non-hydrogen) atoms. The number of carbonyl (C=O) groups is 1. The molecular formula is C19H20N4O2S. The first kappa shape index (κ1) is 16.9. The maximum Gasteiger partial charge on any atom is 0.269 e. The summed E-state index contributed by atoms with van der Waals surface area (Å²) in [5, 5.41) is 2.09. The predicted octanol–water partition coefficient (Wildman–Crippen LogP) is 1.80. The molecule has 3 aromatic rings. The molecule has 0 aliphatic carbocycles. The number of benzene rings is 1. The first-order valence-electron chi connectivity index (χ1n) is 8.68. The second kappa shape index (κ2) is 7.39. The maximum atomic E-state index is 12.7. The lowest BCUT2D eigenvalue weighted by Crippen LogP contribution is -2.49. The van der Waals surface area contributed by atoms with Gasteiger partial charge in [0.15, 0.2) is 0 Å². The van der Waals surface area contributed by atoms with Gasteiger partial charge in [-0.2, -0.15) is 0 Å². The molecule has 4 rings (SSSR count). The molecule has 0 N–H and O–H groups in total. The van der Waals surface area contributed by atoms with E-state index in [-0.39, 0.29) is 18.0 Å². The Morgan fingerprint density at radius 3 is 2.65 bits per heavy atom. The topological polar surface area (TPSA) is 58.4 Å². The van der Waals surface area contributed by atoms with E-state index in [1.807, 2.05) is 29.2 Å². The molecule has 1 saturated heterocycles. The third-order valence-electron chi connectivity index (χ3n) is 4.73. The first-order valence-corrected chi connectivity index (χ1v) is 9.56. The SMILES string of the molecule is O=C(Cn1c(=O)cnc2ccccc21)N1CCN(Cc2cccs2)CC1. The van der Waals surface area contributed by atoms with Gasteiger partial charge in [0.05, 0.1) is 17.2 Å². The van der Waals surface area contributed by atoms with E-state index in [2.05, 4.69) is 27.4 Å². The largest absolute Gasteiger partial charge is 0.339 e. The molecule has 1 amide bonds. The molecule has 2 aromatic heterocycles. The number of para-hydroxylation sites is 2. The van der Waals surface area contributed by atoms with E-state index in [9.17, 15) is 9.59 Å². The Labute approximate surface area is 155 Å². The van der Waals surface area contributed by atoms with E-state index < -0.39 is 0 Å². The third kappa shape index (κ3) is 3.54. The molecule has 3 heterocycles. The molecular weight excluding hydrogens is 348 g/mol. The molecule has 1 aliphatic heterocycles. The molecule has 0 radical (unpaired) electrons. The van der Waals surface area contributed by atoms with Crippen molar-refractivity contribution in [3.05, 3.63) is 63.2 Å². The smallest absolute Gasteiger partial charge is 0.269 e. The van der Waals surface area contributed by atoms with E-state index in [1.54, 1.807) is 11.3 Å². The zero-order valence-electron chi connectivity index (χ0n) is 14.4. The van der Waals surface area contributed by atoms with Crippen LogP contribution < -0.4 is 5.56 Å². The van der Waals surface area contributed by atoms with Gasteiger partial charge >= 0.3 is 0 Å². The number of piperazine rings is 1. The summed E-state index contributed by atoms with van der Waals surface area (Å²) in [6.45, 7) is 4.11. The van der Waals surface area contributed by atoms with Gasteiger partial charge < -0.3 is 4.90 Å². The van der Waals surface area contributed by atoms with Gasteiger partial charge in [-0.25, -0.2) is 4.98 Å². The van der Waals surface area contributed by atoms with Crippen LogP contribution in [0.25, 0.3) is 11.0 Å². The minimum absolute atomic E-state index is 0.0146. The normalized spacial score (nSPS) is 15.5. The fraction of sp³-hybridized carbons (Fsp3) is 0.316. The van der Waals surface area contributed by atoms with Crippen LogP contribution in [0.3, 0.4) is 0 Å². The Morgan fingerprint density at radius 1 is 1.08 bits per heavy atom. The number of fused-ring (bicyclic) bond motifs is 1. The van der Waals surface area contributed by atoms with Crippen LogP contribution in [0.15, 0.2) is 52.8 Å². The summed E-state index contributed by atoms with van der Waals surface area (Å²) in [7, 11) is 0. The zero-order valence-corrected chi connectivity index (χ0v) is 15.2. The molecule has 1 aliphatic rings. The van der Waals surface area contributed by atoms with Gasteiger partial charge in [0.1, 0.15) is 6.54 Å². The average Bonchev–Trinajstić information content (AvgIpc) is 3.17. The second-order valence-electron chi connectivity index (χ2n) is 6.41. The average molecular weight is 368 g/mol. The monoisotopic (exact) mass is 368 g/mol. The lowest BCUT2D eigenvalue weighted by atomic mass is 10.2. The van der Waals surface area contributed by atoms with E-state index in [0.29, 0.717) is 18.6 Å². The number of carbonyl (C=O) groups excluding carboxylic acids is 1. The highest BCUT2D eigenvalue weighted by molar-refractivity contribution is 7.09. The number of hydrogen-bond acceptors (Lipinski definition) is 5. The van der Waals surface area contributed by atoms with Crippen molar-refractivity contribution >= 4 is 28.3 Å². The van der Waals surface area contributed by atoms with Gasteiger partial charge in [-0.15, -0.1) is 11.3 Å². The summed E-state index contributed by atoms with van der Waals surface area (Å²) in [5.41, 5.74) is 1.18. The van der Waals surface area contributed by atoms with Gasteiger partial charge in [0.2, 0.25) is 5.91 Å². The fourth-order valence-corrected chi connectivity index (χ4v) is 4.04. The Morgan fingerprint density at radius 2 is 1.88 bits per heavy atom. The van der Waals surface area contributed by atoms with Crippen molar-refractivity contribution in [3.63, 3.8) is 0 Å². The molecule has 1 fully saturated rings. The van der Waals surface area contributed by atoms with Crippen LogP contribution in [0, 0.1) is 0 Å². The van der Waals surface area contributed by atoms with E-state index in [1.165, 1.54) is 15.6 Å². The predicted molar refractivity (Wildman–Crippen MR) is 102 cm³/mol. The van der Waals surface area contributed by atoms with Crippen molar-refractivity contribution in [1.29, 1.82) is 0 Å². The molecule has 7 heteroatoms. The lowest BCUT2D eigenvalue weighted by Gasteiger charge is -2.34. The fourth-order valence-electron chi connectivity index (χ4n) is 3.29. The Bertz CT molecular complexity index is 959. The second-order valence-corrected chi connectivity index (χ2v) is 7.44. The number of aromatic nitrogens is 2. The molecule has 134 valence electrons. The van der Waals surface area contributed by atoms with Gasteiger partial charge in [-0.1, -0.05) is 18.2 Å². The van der Waals surface area contributed by atoms with Crippen molar-refractivity contribution in [2.24, 2.45) is 0 Å². The van der Waals surface area contributed by atoms with E-state index in [0.717, 1.165) is 25.2 Å². The van der Waals surface area contributed by atoms with Gasteiger partial charge in [-0.05, 0) is 23.6 Å². The first-order chi connectivity index (χ1) is 12.7. The standard InChI is InChI=1S/C19H20N4O2S/c24-18-12-20-16-5-1-2-6-17(16)23(18)14-19(25)22-9-7-21(8-10-22)13-15-4-3-11-26-15/h1-6,11-12H,7-10,13-14H2. The molecule has 0 bridgehead atoms. The molecule has 6 nitrogen and oxygen atoms in total. The summed E-state index contributed by atoms with van der Waals surface area (Å²) < 4.78 is 1.52. The van der Waals surface area contributed by atoms with E-state index in [4.69, 9.17) is 0 Å². The highest BCUT2D eigenvalue weighted by Gasteiger charge is 2.22. The summed E-state index contributed by atoms with van der Waals surface area (Å²) in [6, 6.07) is 11.6. The minimum Gasteiger partial charge on any atom is -0.339 e. The van der Waals surface area contributed by atoms with Crippen molar-refractivity contribution in [2.75, 3.05) is 26.2 Å².